The Hall–Kier alpha value is -1.59. The van der Waals surface area contributed by atoms with Gasteiger partial charge >= 0.3 is 0 Å². The zero-order valence-electron chi connectivity index (χ0n) is 11.9. The molecule has 5 nitrogen and oxygen atoms in total. The van der Waals surface area contributed by atoms with Gasteiger partial charge in [0.1, 0.15) is 18.3 Å². The standard InChI is InChI=1S/C15H20ClN5/c16-12-5-3-7-14(15(12)21-10-18-9-19-21)20-13-6-2-1-4-11(13)8-17/h3,5,7,9-11,13,20H,1-2,4,6,8,17H2. The maximum atomic E-state index is 6.36. The van der Waals surface area contributed by atoms with Crippen LogP contribution in [0.3, 0.4) is 0 Å². The van der Waals surface area contributed by atoms with Crippen molar-refractivity contribution in [3.05, 3.63) is 35.9 Å². The molecule has 0 amide bonds. The summed E-state index contributed by atoms with van der Waals surface area (Å²) in [4.78, 5) is 4.00. The molecule has 1 aromatic carbocycles. The number of benzene rings is 1. The Kier molecular flexibility index (Phi) is 4.41. The van der Waals surface area contributed by atoms with Crippen LogP contribution in [0.15, 0.2) is 30.9 Å². The van der Waals surface area contributed by atoms with Gasteiger partial charge in [-0.25, -0.2) is 9.67 Å². The van der Waals surface area contributed by atoms with E-state index in [9.17, 15) is 0 Å². The molecular weight excluding hydrogens is 286 g/mol. The van der Waals surface area contributed by atoms with Crippen LogP contribution >= 0.6 is 11.6 Å². The van der Waals surface area contributed by atoms with Crippen molar-refractivity contribution in [2.24, 2.45) is 11.7 Å². The average molecular weight is 306 g/mol. The third kappa shape index (κ3) is 3.04. The Morgan fingerprint density at radius 2 is 2.19 bits per heavy atom. The summed E-state index contributed by atoms with van der Waals surface area (Å²) in [7, 11) is 0. The van der Waals surface area contributed by atoms with Crippen molar-refractivity contribution in [3.63, 3.8) is 0 Å². The van der Waals surface area contributed by atoms with Gasteiger partial charge in [-0.1, -0.05) is 30.5 Å². The van der Waals surface area contributed by atoms with E-state index in [1.165, 1.54) is 25.6 Å². The smallest absolute Gasteiger partial charge is 0.138 e. The molecule has 1 aromatic heterocycles. The molecule has 1 aliphatic rings. The summed E-state index contributed by atoms with van der Waals surface area (Å²) >= 11 is 6.36. The summed E-state index contributed by atoms with van der Waals surface area (Å²) in [6.07, 6.45) is 8.02. The molecule has 21 heavy (non-hydrogen) atoms. The van der Waals surface area contributed by atoms with Crippen molar-refractivity contribution in [1.29, 1.82) is 0 Å². The highest BCUT2D eigenvalue weighted by molar-refractivity contribution is 6.33. The van der Waals surface area contributed by atoms with Crippen LogP contribution in [0, 0.1) is 5.92 Å². The predicted octanol–water partition coefficient (Wildman–Crippen LogP) is 2.85. The van der Waals surface area contributed by atoms with Gasteiger partial charge in [0.15, 0.2) is 0 Å². The number of nitrogens with two attached hydrogens (primary N) is 1. The Balaban J connectivity index is 1.90. The number of rotatable bonds is 4. The van der Waals surface area contributed by atoms with Gasteiger partial charge in [0, 0.05) is 6.04 Å². The molecule has 2 unspecified atom stereocenters. The van der Waals surface area contributed by atoms with Crippen LogP contribution in [0.2, 0.25) is 5.02 Å². The van der Waals surface area contributed by atoms with E-state index in [1.807, 2.05) is 18.2 Å². The molecule has 0 spiro atoms. The Bertz CT molecular complexity index is 584. The van der Waals surface area contributed by atoms with Crippen LogP contribution in [0.25, 0.3) is 5.69 Å². The summed E-state index contributed by atoms with van der Waals surface area (Å²) in [5, 5.41) is 8.48. The minimum atomic E-state index is 0.393. The molecule has 1 fully saturated rings. The van der Waals surface area contributed by atoms with Crippen LogP contribution < -0.4 is 11.1 Å². The maximum Gasteiger partial charge on any atom is 0.138 e. The van der Waals surface area contributed by atoms with Gasteiger partial charge in [0.05, 0.1) is 10.7 Å². The third-order valence-electron chi connectivity index (χ3n) is 4.19. The molecule has 1 saturated carbocycles. The lowest BCUT2D eigenvalue weighted by molar-refractivity contribution is 0.332. The van der Waals surface area contributed by atoms with Gasteiger partial charge in [-0.3, -0.25) is 0 Å². The SMILES string of the molecule is NCC1CCCCC1Nc1cccc(Cl)c1-n1cncn1. The van der Waals surface area contributed by atoms with E-state index in [2.05, 4.69) is 15.4 Å². The van der Waals surface area contributed by atoms with Crippen molar-refractivity contribution in [1.82, 2.24) is 14.8 Å². The van der Waals surface area contributed by atoms with E-state index < -0.39 is 0 Å². The number of para-hydroxylation sites is 1. The van der Waals surface area contributed by atoms with E-state index >= 15 is 0 Å². The van der Waals surface area contributed by atoms with Crippen LogP contribution in [-0.2, 0) is 0 Å². The van der Waals surface area contributed by atoms with Crippen molar-refractivity contribution in [2.45, 2.75) is 31.7 Å². The molecule has 1 aliphatic carbocycles. The van der Waals surface area contributed by atoms with Crippen molar-refractivity contribution >= 4 is 17.3 Å². The number of nitrogens with zero attached hydrogens (tertiary/aromatic N) is 3. The Morgan fingerprint density at radius 1 is 1.33 bits per heavy atom. The van der Waals surface area contributed by atoms with Gasteiger partial charge in [-0.05, 0) is 37.4 Å². The Morgan fingerprint density at radius 3 is 2.95 bits per heavy atom. The van der Waals surface area contributed by atoms with E-state index in [-0.39, 0.29) is 0 Å². The van der Waals surface area contributed by atoms with Gasteiger partial charge in [-0.15, -0.1) is 0 Å². The minimum absolute atomic E-state index is 0.393. The highest BCUT2D eigenvalue weighted by Crippen LogP contribution is 2.32. The van der Waals surface area contributed by atoms with Crippen molar-refractivity contribution in [2.75, 3.05) is 11.9 Å². The predicted molar refractivity (Wildman–Crippen MR) is 84.8 cm³/mol. The number of hydrogen-bond donors (Lipinski definition) is 2. The number of halogens is 1. The van der Waals surface area contributed by atoms with Crippen molar-refractivity contribution in [3.8, 4) is 5.69 Å². The molecule has 2 aromatic rings. The van der Waals surface area contributed by atoms with Crippen LogP contribution in [0.4, 0.5) is 5.69 Å². The molecule has 3 rings (SSSR count). The van der Waals surface area contributed by atoms with Crippen LogP contribution in [-0.4, -0.2) is 27.4 Å². The fourth-order valence-corrected chi connectivity index (χ4v) is 3.33. The zero-order valence-corrected chi connectivity index (χ0v) is 12.6. The van der Waals surface area contributed by atoms with E-state index in [0.717, 1.165) is 24.3 Å². The van der Waals surface area contributed by atoms with Gasteiger partial charge in [0.25, 0.3) is 0 Å². The first-order valence-corrected chi connectivity index (χ1v) is 7.77. The topological polar surface area (TPSA) is 68.8 Å². The first-order valence-electron chi connectivity index (χ1n) is 7.39. The third-order valence-corrected chi connectivity index (χ3v) is 4.49. The number of nitrogens with one attached hydrogen (secondary N) is 1. The first-order chi connectivity index (χ1) is 10.3. The summed E-state index contributed by atoms with van der Waals surface area (Å²) in [6.45, 7) is 0.719. The van der Waals surface area contributed by atoms with E-state index in [0.29, 0.717) is 17.0 Å². The van der Waals surface area contributed by atoms with Crippen LogP contribution in [0.1, 0.15) is 25.7 Å². The second kappa shape index (κ2) is 6.45. The van der Waals surface area contributed by atoms with Gasteiger partial charge in [-0.2, -0.15) is 5.10 Å². The fourth-order valence-electron chi connectivity index (χ4n) is 3.07. The maximum absolute atomic E-state index is 6.36. The summed E-state index contributed by atoms with van der Waals surface area (Å²) < 4.78 is 1.70. The van der Waals surface area contributed by atoms with Crippen LogP contribution in [0.5, 0.6) is 0 Å². The highest BCUT2D eigenvalue weighted by atomic mass is 35.5. The van der Waals surface area contributed by atoms with Gasteiger partial charge < -0.3 is 11.1 Å². The lowest BCUT2D eigenvalue weighted by Crippen LogP contribution is -2.37. The molecule has 112 valence electrons. The first kappa shape index (κ1) is 14.4. The highest BCUT2D eigenvalue weighted by Gasteiger charge is 2.25. The van der Waals surface area contributed by atoms with Gasteiger partial charge in [0.2, 0.25) is 0 Å². The number of anilines is 1. The molecule has 0 saturated heterocycles. The van der Waals surface area contributed by atoms with Crippen molar-refractivity contribution < 1.29 is 0 Å². The largest absolute Gasteiger partial charge is 0.380 e. The minimum Gasteiger partial charge on any atom is -0.380 e. The molecule has 6 heteroatoms. The number of hydrogen-bond acceptors (Lipinski definition) is 4. The molecule has 0 aliphatic heterocycles. The summed E-state index contributed by atoms with van der Waals surface area (Å²) in [6, 6.07) is 6.24. The fraction of sp³-hybridized carbons (Fsp3) is 0.467. The van der Waals surface area contributed by atoms with E-state index in [4.69, 9.17) is 17.3 Å². The molecule has 0 bridgehead atoms. The summed E-state index contributed by atoms with van der Waals surface area (Å²) in [5.41, 5.74) is 7.75. The monoisotopic (exact) mass is 305 g/mol. The quantitative estimate of drug-likeness (QED) is 0.911. The lowest BCUT2D eigenvalue weighted by Gasteiger charge is -2.32. The molecule has 3 N–H and O–H groups in total. The second-order valence-corrected chi connectivity index (χ2v) is 5.91. The molecular formula is C15H20ClN5. The normalized spacial score (nSPS) is 22.2. The lowest BCUT2D eigenvalue weighted by atomic mass is 9.84. The molecule has 0 radical (unpaired) electrons. The molecule has 1 heterocycles. The number of aromatic nitrogens is 3. The average Bonchev–Trinajstić information content (AvgIpc) is 3.02. The summed E-state index contributed by atoms with van der Waals surface area (Å²) in [5.74, 6) is 0.515. The van der Waals surface area contributed by atoms with E-state index in [1.54, 1.807) is 11.0 Å². The molecule has 2 atom stereocenters. The zero-order chi connectivity index (χ0) is 14.7. The Labute approximate surface area is 129 Å². The second-order valence-electron chi connectivity index (χ2n) is 5.51.